The summed E-state index contributed by atoms with van der Waals surface area (Å²) in [5.41, 5.74) is 1.98. The van der Waals surface area contributed by atoms with E-state index in [9.17, 15) is 4.79 Å². The quantitative estimate of drug-likeness (QED) is 0.879. The summed E-state index contributed by atoms with van der Waals surface area (Å²) in [6.45, 7) is 4.73. The number of thiazole rings is 2. The average Bonchev–Trinajstić information content (AvgIpc) is 2.84. The van der Waals surface area contributed by atoms with E-state index in [-0.39, 0.29) is 10.9 Å². The van der Waals surface area contributed by atoms with Crippen LogP contribution in [0.2, 0.25) is 0 Å². The van der Waals surface area contributed by atoms with Crippen molar-refractivity contribution in [2.24, 2.45) is 0 Å². The van der Waals surface area contributed by atoms with Gasteiger partial charge in [0, 0.05) is 29.0 Å². The van der Waals surface area contributed by atoms with Crippen molar-refractivity contribution in [1.82, 2.24) is 15.3 Å². The van der Waals surface area contributed by atoms with E-state index in [1.54, 1.807) is 11.3 Å². The minimum Gasteiger partial charge on any atom is -0.315 e. The molecule has 1 unspecified atom stereocenters. The number of aryl methyl sites for hydroxylation is 1. The number of nitrogens with zero attached hydrogens (tertiary/aromatic N) is 1. The predicted molar refractivity (Wildman–Crippen MR) is 67.0 cm³/mol. The Morgan fingerprint density at radius 1 is 1.50 bits per heavy atom. The summed E-state index contributed by atoms with van der Waals surface area (Å²) in [5, 5.41) is 8.30. The van der Waals surface area contributed by atoms with Crippen LogP contribution in [0.1, 0.15) is 29.4 Å². The molecule has 0 aliphatic rings. The number of aromatic amines is 1. The van der Waals surface area contributed by atoms with Crippen molar-refractivity contribution < 1.29 is 0 Å². The van der Waals surface area contributed by atoms with Gasteiger partial charge in [0.25, 0.3) is 0 Å². The molecule has 4 nitrogen and oxygen atoms in total. The van der Waals surface area contributed by atoms with Crippen molar-refractivity contribution in [3.8, 4) is 0 Å². The second-order valence-electron chi connectivity index (χ2n) is 3.57. The molecule has 6 heteroatoms. The van der Waals surface area contributed by atoms with Gasteiger partial charge >= 0.3 is 4.87 Å². The molecular formula is C10H13N3OS2. The van der Waals surface area contributed by atoms with Crippen molar-refractivity contribution in [2.75, 3.05) is 0 Å². The van der Waals surface area contributed by atoms with Crippen molar-refractivity contribution in [2.45, 2.75) is 26.4 Å². The summed E-state index contributed by atoms with van der Waals surface area (Å²) < 4.78 is 0. The van der Waals surface area contributed by atoms with Crippen LogP contribution in [-0.4, -0.2) is 9.97 Å². The molecule has 0 saturated heterocycles. The van der Waals surface area contributed by atoms with Gasteiger partial charge in [-0.1, -0.05) is 11.3 Å². The third-order valence-electron chi connectivity index (χ3n) is 2.25. The van der Waals surface area contributed by atoms with Crippen LogP contribution >= 0.6 is 22.7 Å². The Kier molecular flexibility index (Phi) is 3.52. The van der Waals surface area contributed by atoms with Crippen LogP contribution in [0.3, 0.4) is 0 Å². The van der Waals surface area contributed by atoms with Gasteiger partial charge in [0.05, 0.1) is 10.7 Å². The summed E-state index contributed by atoms with van der Waals surface area (Å²) in [5.74, 6) is 0. The highest BCUT2D eigenvalue weighted by Crippen LogP contribution is 2.15. The van der Waals surface area contributed by atoms with Crippen LogP contribution < -0.4 is 10.2 Å². The monoisotopic (exact) mass is 255 g/mol. The molecule has 2 rings (SSSR count). The van der Waals surface area contributed by atoms with E-state index >= 15 is 0 Å². The lowest BCUT2D eigenvalue weighted by molar-refractivity contribution is 0.558. The Bertz CT molecular complexity index is 514. The zero-order valence-corrected chi connectivity index (χ0v) is 10.7. The van der Waals surface area contributed by atoms with Gasteiger partial charge in [0.15, 0.2) is 0 Å². The Morgan fingerprint density at radius 2 is 2.31 bits per heavy atom. The maximum atomic E-state index is 10.9. The SMILES string of the molecule is Cc1nc(C(C)NCc2csc(=O)[nH]2)cs1. The molecule has 0 radical (unpaired) electrons. The molecule has 2 aromatic heterocycles. The van der Waals surface area contributed by atoms with E-state index in [2.05, 4.69) is 27.6 Å². The topological polar surface area (TPSA) is 57.8 Å². The normalized spacial score (nSPS) is 12.9. The van der Waals surface area contributed by atoms with Crippen LogP contribution in [0.15, 0.2) is 15.6 Å². The summed E-state index contributed by atoms with van der Waals surface area (Å²) in [4.78, 5) is 18.1. The predicted octanol–water partition coefficient (Wildman–Crippen LogP) is 2.05. The molecule has 2 aromatic rings. The molecule has 0 spiro atoms. The second-order valence-corrected chi connectivity index (χ2v) is 5.47. The molecule has 2 heterocycles. The Labute approximate surface area is 101 Å². The van der Waals surface area contributed by atoms with Gasteiger partial charge in [-0.3, -0.25) is 4.79 Å². The molecule has 1 atom stereocenters. The van der Waals surface area contributed by atoms with Gasteiger partial charge in [-0.05, 0) is 13.8 Å². The van der Waals surface area contributed by atoms with Gasteiger partial charge in [-0.2, -0.15) is 0 Å². The molecule has 0 amide bonds. The van der Waals surface area contributed by atoms with Gasteiger partial charge in [0.1, 0.15) is 0 Å². The first-order valence-electron chi connectivity index (χ1n) is 4.97. The minimum atomic E-state index is -0.00560. The Morgan fingerprint density at radius 3 is 2.88 bits per heavy atom. The highest BCUT2D eigenvalue weighted by atomic mass is 32.1. The number of hydrogen-bond donors (Lipinski definition) is 2. The second kappa shape index (κ2) is 4.90. The molecule has 0 aliphatic carbocycles. The summed E-state index contributed by atoms with van der Waals surface area (Å²) >= 11 is 2.84. The molecule has 0 aliphatic heterocycles. The summed E-state index contributed by atoms with van der Waals surface area (Å²) in [7, 11) is 0. The Hall–Kier alpha value is -0.980. The number of hydrogen-bond acceptors (Lipinski definition) is 5. The van der Waals surface area contributed by atoms with Crippen LogP contribution in [-0.2, 0) is 6.54 Å². The fourth-order valence-electron chi connectivity index (χ4n) is 1.35. The minimum absolute atomic E-state index is 0.00560. The highest BCUT2D eigenvalue weighted by molar-refractivity contribution is 7.09. The molecule has 0 bridgehead atoms. The fourth-order valence-corrected chi connectivity index (χ4v) is 2.64. The van der Waals surface area contributed by atoms with E-state index in [1.165, 1.54) is 11.3 Å². The van der Waals surface area contributed by atoms with Crippen LogP contribution in [0, 0.1) is 6.92 Å². The van der Waals surface area contributed by atoms with Crippen LogP contribution in [0.4, 0.5) is 0 Å². The molecule has 0 fully saturated rings. The van der Waals surface area contributed by atoms with Crippen LogP contribution in [0.5, 0.6) is 0 Å². The number of rotatable bonds is 4. The molecule has 16 heavy (non-hydrogen) atoms. The lowest BCUT2D eigenvalue weighted by atomic mass is 10.2. The number of nitrogens with one attached hydrogen (secondary N) is 2. The van der Waals surface area contributed by atoms with Crippen molar-refractivity contribution in [1.29, 1.82) is 0 Å². The van der Waals surface area contributed by atoms with E-state index < -0.39 is 0 Å². The van der Waals surface area contributed by atoms with Gasteiger partial charge < -0.3 is 10.3 Å². The standard InChI is InChI=1S/C10H13N3OS2/c1-6(9-5-15-7(2)12-9)11-3-8-4-16-10(14)13-8/h4-6,11H,3H2,1-2H3,(H,13,14). The number of H-pyrrole nitrogens is 1. The molecule has 86 valence electrons. The first-order valence-corrected chi connectivity index (χ1v) is 6.73. The third-order valence-corrected chi connectivity index (χ3v) is 3.76. The molecule has 0 saturated carbocycles. The maximum absolute atomic E-state index is 10.9. The van der Waals surface area contributed by atoms with Crippen molar-refractivity contribution >= 4 is 22.7 Å². The molecular weight excluding hydrogens is 242 g/mol. The van der Waals surface area contributed by atoms with Gasteiger partial charge in [0.2, 0.25) is 0 Å². The summed E-state index contributed by atoms with van der Waals surface area (Å²) in [6, 6.07) is 0.202. The van der Waals surface area contributed by atoms with Gasteiger partial charge in [-0.15, -0.1) is 11.3 Å². The fraction of sp³-hybridized carbons (Fsp3) is 0.400. The van der Waals surface area contributed by atoms with Crippen molar-refractivity contribution in [3.05, 3.63) is 36.8 Å². The lowest BCUT2D eigenvalue weighted by Crippen LogP contribution is -2.19. The number of aromatic nitrogens is 2. The zero-order valence-electron chi connectivity index (χ0n) is 9.11. The van der Waals surface area contributed by atoms with E-state index in [0.717, 1.165) is 16.4 Å². The Balaban J connectivity index is 1.93. The molecule has 2 N–H and O–H groups in total. The first-order chi connectivity index (χ1) is 7.65. The van der Waals surface area contributed by atoms with E-state index in [4.69, 9.17) is 0 Å². The summed E-state index contributed by atoms with van der Waals surface area (Å²) in [6.07, 6.45) is 0. The van der Waals surface area contributed by atoms with Gasteiger partial charge in [-0.25, -0.2) is 4.98 Å². The zero-order chi connectivity index (χ0) is 11.5. The van der Waals surface area contributed by atoms with E-state index in [0.29, 0.717) is 6.54 Å². The smallest absolute Gasteiger partial charge is 0.304 e. The first kappa shape index (κ1) is 11.5. The lowest BCUT2D eigenvalue weighted by Gasteiger charge is -2.09. The largest absolute Gasteiger partial charge is 0.315 e. The van der Waals surface area contributed by atoms with E-state index in [1.807, 2.05) is 12.3 Å². The van der Waals surface area contributed by atoms with Crippen molar-refractivity contribution in [3.63, 3.8) is 0 Å². The van der Waals surface area contributed by atoms with Crippen LogP contribution in [0.25, 0.3) is 0 Å². The highest BCUT2D eigenvalue weighted by Gasteiger charge is 2.08. The average molecular weight is 255 g/mol. The third kappa shape index (κ3) is 2.78. The molecule has 0 aromatic carbocycles. The maximum Gasteiger partial charge on any atom is 0.304 e.